The maximum Gasteiger partial charge on any atom is 0.573 e. The smallest absolute Gasteiger partial charge is 0.487 e. The van der Waals surface area contributed by atoms with E-state index in [0.717, 1.165) is 12.1 Å². The molecule has 0 aliphatic carbocycles. The van der Waals surface area contributed by atoms with Gasteiger partial charge in [-0.05, 0) is 46.7 Å². The highest BCUT2D eigenvalue weighted by molar-refractivity contribution is 6.05. The molecule has 35 heavy (non-hydrogen) atoms. The number of alkyl halides is 3. The first-order valence-corrected chi connectivity index (χ1v) is 10.5. The quantitative estimate of drug-likeness (QED) is 0.414. The lowest BCUT2D eigenvalue weighted by Gasteiger charge is -2.28. The predicted octanol–water partition coefficient (Wildman–Crippen LogP) is 5.69. The molecule has 0 aromatic heterocycles. The summed E-state index contributed by atoms with van der Waals surface area (Å²) in [5.74, 6) is -2.93. The number of aliphatic carboxylic acids is 1. The van der Waals surface area contributed by atoms with Crippen molar-refractivity contribution in [1.29, 1.82) is 0 Å². The molecule has 3 aromatic rings. The highest BCUT2D eigenvalue weighted by atomic mass is 19.4. The number of halogens is 4. The van der Waals surface area contributed by atoms with Crippen LogP contribution >= 0.6 is 0 Å². The van der Waals surface area contributed by atoms with Crippen molar-refractivity contribution < 1.29 is 41.7 Å². The van der Waals surface area contributed by atoms with Crippen molar-refractivity contribution in [2.45, 2.75) is 39.8 Å². The van der Waals surface area contributed by atoms with Crippen molar-refractivity contribution in [1.82, 2.24) is 5.32 Å². The fourth-order valence-electron chi connectivity index (χ4n) is 3.40. The molecule has 0 unspecified atom stereocenters. The number of amides is 1. The molecule has 1 atom stereocenters. The zero-order chi connectivity index (χ0) is 26.0. The second-order valence-electron chi connectivity index (χ2n) is 8.90. The molecule has 3 aromatic carbocycles. The third-order valence-electron chi connectivity index (χ3n) is 5.11. The summed E-state index contributed by atoms with van der Waals surface area (Å²) in [4.78, 5) is 24.8. The van der Waals surface area contributed by atoms with Crippen LogP contribution in [0.1, 0.15) is 36.7 Å². The molecule has 0 aliphatic heterocycles. The van der Waals surface area contributed by atoms with Crippen LogP contribution in [0, 0.1) is 11.2 Å². The molecule has 0 spiro atoms. The van der Waals surface area contributed by atoms with Crippen LogP contribution in [0.15, 0.2) is 54.6 Å². The highest BCUT2D eigenvalue weighted by Crippen LogP contribution is 2.32. The largest absolute Gasteiger partial charge is 0.573 e. The van der Waals surface area contributed by atoms with Gasteiger partial charge in [0.25, 0.3) is 5.91 Å². The second kappa shape index (κ2) is 9.81. The van der Waals surface area contributed by atoms with Gasteiger partial charge in [-0.1, -0.05) is 45.0 Å². The van der Waals surface area contributed by atoms with Crippen LogP contribution < -0.4 is 14.8 Å². The third kappa shape index (κ3) is 6.62. The van der Waals surface area contributed by atoms with Gasteiger partial charge in [0.05, 0.1) is 5.56 Å². The number of carbonyl (C=O) groups is 2. The van der Waals surface area contributed by atoms with Crippen molar-refractivity contribution in [2.75, 3.05) is 0 Å². The highest BCUT2D eigenvalue weighted by Gasteiger charge is 2.34. The molecule has 2 N–H and O–H groups in total. The van der Waals surface area contributed by atoms with Gasteiger partial charge in [0.2, 0.25) is 0 Å². The maximum absolute atomic E-state index is 14.0. The standard InChI is InChI=1S/C25H23F4NO5/c1-24(2,3)21(23(32)33)30-22(31)18-11-7-15-6-8-16(26)12-19(15)20(18)34-13-14-4-9-17(10-5-14)35-25(27,28)29/h4-12,21H,13H2,1-3H3,(H,30,31)(H,32,33)/t21-/m1/s1. The number of carbonyl (C=O) groups excluding carboxylic acids is 1. The van der Waals surface area contributed by atoms with E-state index in [4.69, 9.17) is 4.74 Å². The second-order valence-corrected chi connectivity index (χ2v) is 8.90. The normalized spacial score (nSPS) is 12.8. The summed E-state index contributed by atoms with van der Waals surface area (Å²) in [6.45, 7) is 4.81. The molecule has 1 amide bonds. The molecule has 0 saturated heterocycles. The predicted molar refractivity (Wildman–Crippen MR) is 120 cm³/mol. The summed E-state index contributed by atoms with van der Waals surface area (Å²) < 4.78 is 60.8. The average Bonchev–Trinajstić information content (AvgIpc) is 2.74. The zero-order valence-corrected chi connectivity index (χ0v) is 19.1. The molecule has 0 saturated carbocycles. The van der Waals surface area contributed by atoms with E-state index in [1.165, 1.54) is 36.4 Å². The van der Waals surface area contributed by atoms with E-state index in [1.54, 1.807) is 26.8 Å². The number of carboxylic acids is 1. The number of benzene rings is 3. The monoisotopic (exact) mass is 493 g/mol. The van der Waals surface area contributed by atoms with Gasteiger partial charge < -0.3 is 19.9 Å². The molecule has 0 bridgehead atoms. The van der Waals surface area contributed by atoms with E-state index in [2.05, 4.69) is 10.1 Å². The van der Waals surface area contributed by atoms with Crippen LogP contribution in [-0.4, -0.2) is 29.4 Å². The van der Waals surface area contributed by atoms with E-state index in [-0.39, 0.29) is 23.3 Å². The Labute approximate surface area is 198 Å². The zero-order valence-electron chi connectivity index (χ0n) is 19.1. The molecule has 0 radical (unpaired) electrons. The van der Waals surface area contributed by atoms with Crippen molar-refractivity contribution in [3.05, 3.63) is 71.5 Å². The van der Waals surface area contributed by atoms with Gasteiger partial charge in [0.15, 0.2) is 0 Å². The van der Waals surface area contributed by atoms with Crippen LogP contribution in [0.3, 0.4) is 0 Å². The Kier molecular flexibility index (Phi) is 7.23. The number of hydrogen-bond donors (Lipinski definition) is 2. The molecule has 6 nitrogen and oxygen atoms in total. The SMILES string of the molecule is CC(C)(C)[C@H](NC(=O)c1ccc2ccc(F)cc2c1OCc1ccc(OC(F)(F)F)cc1)C(=O)O. The minimum Gasteiger partial charge on any atom is -0.487 e. The van der Waals surface area contributed by atoms with Crippen LogP contribution in [0.4, 0.5) is 17.6 Å². The first-order valence-electron chi connectivity index (χ1n) is 10.5. The van der Waals surface area contributed by atoms with Gasteiger partial charge >= 0.3 is 12.3 Å². The molecular weight excluding hydrogens is 470 g/mol. The first kappa shape index (κ1) is 25.8. The minimum absolute atomic E-state index is 0.00756. The van der Waals surface area contributed by atoms with Crippen LogP contribution in [0.25, 0.3) is 10.8 Å². The van der Waals surface area contributed by atoms with E-state index >= 15 is 0 Å². The number of nitrogens with one attached hydrogen (secondary N) is 1. The number of rotatable bonds is 7. The summed E-state index contributed by atoms with van der Waals surface area (Å²) in [5.41, 5.74) is -0.362. The minimum atomic E-state index is -4.83. The Morgan fingerprint density at radius 2 is 1.63 bits per heavy atom. The number of ether oxygens (including phenoxy) is 2. The molecule has 0 heterocycles. The van der Waals surface area contributed by atoms with Gasteiger partial charge in [-0.2, -0.15) is 0 Å². The lowest BCUT2D eigenvalue weighted by molar-refractivity contribution is -0.274. The molecule has 0 fully saturated rings. The van der Waals surface area contributed by atoms with Crippen molar-refractivity contribution in [2.24, 2.45) is 5.41 Å². The van der Waals surface area contributed by atoms with Gasteiger partial charge in [0, 0.05) is 5.39 Å². The summed E-state index contributed by atoms with van der Waals surface area (Å²) in [6.07, 6.45) is -4.83. The van der Waals surface area contributed by atoms with Gasteiger partial charge in [-0.15, -0.1) is 13.2 Å². The Balaban J connectivity index is 1.94. The molecule has 0 aliphatic rings. The van der Waals surface area contributed by atoms with Crippen molar-refractivity contribution in [3.8, 4) is 11.5 Å². The van der Waals surface area contributed by atoms with Gasteiger partial charge in [0.1, 0.15) is 30.0 Å². The topological polar surface area (TPSA) is 84.9 Å². The van der Waals surface area contributed by atoms with Crippen molar-refractivity contribution >= 4 is 22.6 Å². The van der Waals surface area contributed by atoms with Crippen LogP contribution in [-0.2, 0) is 11.4 Å². The summed E-state index contributed by atoms with van der Waals surface area (Å²) >= 11 is 0. The third-order valence-corrected chi connectivity index (χ3v) is 5.11. The number of carboxylic acid groups (broad SMARTS) is 1. The first-order chi connectivity index (χ1) is 16.2. The summed E-state index contributed by atoms with van der Waals surface area (Å²) in [7, 11) is 0. The Bertz CT molecular complexity index is 1230. The Morgan fingerprint density at radius 3 is 2.20 bits per heavy atom. The van der Waals surface area contributed by atoms with E-state index in [0.29, 0.717) is 10.9 Å². The summed E-state index contributed by atoms with van der Waals surface area (Å²) in [5, 5.41) is 12.9. The fourth-order valence-corrected chi connectivity index (χ4v) is 3.40. The van der Waals surface area contributed by atoms with Gasteiger partial charge in [-0.25, -0.2) is 9.18 Å². The number of fused-ring (bicyclic) bond motifs is 1. The Hall–Kier alpha value is -3.82. The molecular formula is C25H23F4NO5. The number of hydrogen-bond acceptors (Lipinski definition) is 4. The lowest BCUT2D eigenvalue weighted by Crippen LogP contribution is -2.49. The Morgan fingerprint density at radius 1 is 1.00 bits per heavy atom. The molecule has 10 heteroatoms. The van der Waals surface area contributed by atoms with E-state index < -0.39 is 41.3 Å². The fraction of sp³-hybridized carbons (Fsp3) is 0.280. The molecule has 186 valence electrons. The average molecular weight is 493 g/mol. The van der Waals surface area contributed by atoms with E-state index in [9.17, 15) is 32.3 Å². The lowest BCUT2D eigenvalue weighted by atomic mass is 9.86. The van der Waals surface area contributed by atoms with Gasteiger partial charge in [-0.3, -0.25) is 4.79 Å². The maximum atomic E-state index is 14.0. The van der Waals surface area contributed by atoms with E-state index in [1.807, 2.05) is 0 Å². The van der Waals surface area contributed by atoms with Crippen LogP contribution in [0.5, 0.6) is 11.5 Å². The van der Waals surface area contributed by atoms with Crippen LogP contribution in [0.2, 0.25) is 0 Å². The van der Waals surface area contributed by atoms with Crippen molar-refractivity contribution in [3.63, 3.8) is 0 Å². The summed E-state index contributed by atoms with van der Waals surface area (Å²) in [6, 6.07) is 10.7. The molecule has 3 rings (SSSR count).